The Labute approximate surface area is 386 Å². The summed E-state index contributed by atoms with van der Waals surface area (Å²) in [4.78, 5) is 11.6. The van der Waals surface area contributed by atoms with Gasteiger partial charge in [0.2, 0.25) is 5.78 Å². The van der Waals surface area contributed by atoms with Gasteiger partial charge in [0.05, 0.1) is 64.1 Å². The Morgan fingerprint density at radius 1 is 0.380 bits per heavy atom. The number of carbonyl (C=O) groups excluding carboxylic acids is 1. The Bertz CT molecular complexity index is 2270. The molecule has 0 saturated heterocycles. The van der Waals surface area contributed by atoms with Gasteiger partial charge in [0.15, 0.2) is 5.75 Å². The van der Waals surface area contributed by atoms with Gasteiger partial charge in [-0.05, 0) is 59.4 Å². The summed E-state index contributed by atoms with van der Waals surface area (Å²) in [7, 11) is 1.78. The van der Waals surface area contributed by atoms with E-state index in [1.807, 2.05) is 24.3 Å². The maximum Gasteiger partial charge on any atom is 0.416 e. The van der Waals surface area contributed by atoms with Crippen LogP contribution in [0.3, 0.4) is 0 Å². The molecule has 0 aliphatic heterocycles. The van der Waals surface area contributed by atoms with E-state index in [-0.39, 0.29) is 16.7 Å². The summed E-state index contributed by atoms with van der Waals surface area (Å²) >= 11 is 0. The zero-order chi connectivity index (χ0) is 54.5. The molecule has 5 aromatic rings. The number of methoxy groups -OCH3 is 1. The maximum atomic E-state index is 14.2. The van der Waals surface area contributed by atoms with Gasteiger partial charge < -0.3 is 4.74 Å². The fourth-order valence-corrected chi connectivity index (χ4v) is 7.88. The number of halogens is 24. The number of hydrogen-bond acceptors (Lipinski definition) is 2. The summed E-state index contributed by atoms with van der Waals surface area (Å²) in [6.45, 7) is 0. The first-order chi connectivity index (χ1) is 31.9. The van der Waals surface area contributed by atoms with E-state index in [0.717, 1.165) is 11.3 Å². The Hall–Kier alpha value is -5.70. The van der Waals surface area contributed by atoms with Crippen LogP contribution < -0.4 is 26.6 Å². The molecule has 0 heterocycles. The molecular formula is C43H27BF24O2S. The van der Waals surface area contributed by atoms with Gasteiger partial charge in [-0.15, -0.1) is 0 Å². The highest BCUT2D eigenvalue weighted by molar-refractivity contribution is 7.96. The van der Waals surface area contributed by atoms with E-state index in [9.17, 15) is 110 Å². The highest BCUT2D eigenvalue weighted by Crippen LogP contribution is 2.41. The van der Waals surface area contributed by atoms with Gasteiger partial charge in [-0.1, -0.05) is 48.5 Å². The Morgan fingerprint density at radius 2 is 0.577 bits per heavy atom. The van der Waals surface area contributed by atoms with Crippen LogP contribution in [0, 0.1) is 0 Å². The van der Waals surface area contributed by atoms with E-state index in [1.54, 1.807) is 7.11 Å². The van der Waals surface area contributed by atoms with Crippen molar-refractivity contribution in [3.63, 3.8) is 0 Å². The van der Waals surface area contributed by atoms with Gasteiger partial charge >= 0.3 is 49.4 Å². The zero-order valence-corrected chi connectivity index (χ0v) is 36.1. The molecule has 5 aromatic carbocycles. The summed E-state index contributed by atoms with van der Waals surface area (Å²) in [5.74, 6) is 1.63. The molecule has 28 heteroatoms. The van der Waals surface area contributed by atoms with E-state index in [4.69, 9.17) is 4.74 Å². The zero-order valence-electron chi connectivity index (χ0n) is 35.3. The first-order valence-corrected chi connectivity index (χ1v) is 21.2. The van der Waals surface area contributed by atoms with Crippen molar-refractivity contribution in [3.8, 4) is 5.75 Å². The third-order valence-electron chi connectivity index (χ3n) is 10.3. The van der Waals surface area contributed by atoms with Crippen LogP contribution in [-0.4, -0.2) is 37.3 Å². The smallest absolute Gasteiger partial charge is 0.416 e. The van der Waals surface area contributed by atoms with Gasteiger partial charge in [-0.2, -0.15) is 127 Å². The van der Waals surface area contributed by atoms with Crippen LogP contribution >= 0.6 is 0 Å². The summed E-state index contributed by atoms with van der Waals surface area (Å²) in [6.07, 6.45) is -50.7. The first kappa shape index (κ1) is 57.9. The number of hydrogen-bond donors (Lipinski definition) is 0. The van der Waals surface area contributed by atoms with Crippen molar-refractivity contribution in [1.82, 2.24) is 0 Å². The van der Waals surface area contributed by atoms with Crippen molar-refractivity contribution >= 4 is 44.7 Å². The largest absolute Gasteiger partial charge is 0.497 e. The summed E-state index contributed by atoms with van der Waals surface area (Å²) < 4.78 is 346. The molecule has 0 amide bonds. The number of alkyl halides is 24. The number of carbonyl (C=O) groups is 1. The normalized spacial score (nSPS) is 13.5. The lowest BCUT2D eigenvalue weighted by molar-refractivity contribution is -0.144. The number of ketones is 1. The van der Waals surface area contributed by atoms with E-state index >= 15 is 0 Å². The van der Waals surface area contributed by atoms with Crippen LogP contribution in [0.2, 0.25) is 0 Å². The fourth-order valence-electron chi connectivity index (χ4n) is 7.19. The van der Waals surface area contributed by atoms with E-state index < -0.39 is 195 Å². The van der Waals surface area contributed by atoms with Crippen molar-refractivity contribution < 1.29 is 115 Å². The highest BCUT2D eigenvalue weighted by atomic mass is 32.2. The predicted molar refractivity (Wildman–Crippen MR) is 211 cm³/mol. The monoisotopic (exact) mass is 1070 g/mol. The minimum atomic E-state index is -6.13. The lowest BCUT2D eigenvalue weighted by Crippen LogP contribution is -2.75. The Kier molecular flexibility index (Phi) is 16.1. The first-order valence-electron chi connectivity index (χ1n) is 19.0. The van der Waals surface area contributed by atoms with Gasteiger partial charge in [0.25, 0.3) is 0 Å². The molecule has 0 aliphatic carbocycles. The van der Waals surface area contributed by atoms with Gasteiger partial charge in [0.1, 0.15) is 11.9 Å². The molecule has 5 rings (SSSR count). The lowest BCUT2D eigenvalue weighted by atomic mass is 9.12. The molecule has 388 valence electrons. The van der Waals surface area contributed by atoms with Crippen molar-refractivity contribution in [2.45, 2.75) is 49.4 Å². The van der Waals surface area contributed by atoms with E-state index in [1.165, 1.54) is 0 Å². The molecular weight excluding hydrogens is 1050 g/mol. The molecule has 2 nitrogen and oxygen atoms in total. The molecule has 0 radical (unpaired) electrons. The average molecular weight is 1070 g/mol. The van der Waals surface area contributed by atoms with Crippen LogP contribution in [0.4, 0.5) is 105 Å². The predicted octanol–water partition coefficient (Wildman–Crippen LogP) is 13.0. The van der Waals surface area contributed by atoms with Crippen molar-refractivity contribution in [1.29, 1.82) is 0 Å². The molecule has 0 N–H and O–H groups in total. The van der Waals surface area contributed by atoms with Crippen LogP contribution in [0.25, 0.3) is 0 Å². The van der Waals surface area contributed by atoms with Crippen molar-refractivity contribution in [2.24, 2.45) is 0 Å². The van der Waals surface area contributed by atoms with Crippen LogP contribution in [-0.2, 0) is 60.3 Å². The molecule has 0 atom stereocenters. The standard InChI is InChI=1S/C32H12BF24.C11H15O2S/c34-25(35,36)13-1-14(26(37,38)39)6-21(5-13)33(22-7-15(27(40,41)42)2-16(8-22)28(43,44)45,23-9-17(29(46,47)48)3-18(10-23)30(49,50)51)24-11-19(31(52,53)54)4-20(12-24)32(55,56)57;1-13-10-6-4-9(5-7-10)11(12)8-14(2)3/h1-12H;4-7H,8H2,1-3H3/q-1;+1. The number of benzene rings is 5. The number of ether oxygens (including phenoxy) is 1. The molecule has 71 heavy (non-hydrogen) atoms. The van der Waals surface area contributed by atoms with Gasteiger partial charge in [-0.3, -0.25) is 4.79 Å². The molecule has 0 saturated carbocycles. The molecule has 0 fully saturated rings. The van der Waals surface area contributed by atoms with Gasteiger partial charge in [0, 0.05) is 5.56 Å². The number of rotatable bonds is 8. The molecule has 0 bridgehead atoms. The average Bonchev–Trinajstić information content (AvgIpc) is 3.21. The third-order valence-corrected chi connectivity index (χ3v) is 11.1. The summed E-state index contributed by atoms with van der Waals surface area (Å²) in [6, 6.07) is -1.55. The molecule has 0 aliphatic rings. The molecule has 0 aromatic heterocycles. The van der Waals surface area contributed by atoms with Crippen molar-refractivity contribution in [3.05, 3.63) is 147 Å². The topological polar surface area (TPSA) is 26.3 Å². The fraction of sp³-hybridized carbons (Fsp3) is 0.279. The van der Waals surface area contributed by atoms with Crippen molar-refractivity contribution in [2.75, 3.05) is 25.4 Å². The second-order valence-corrected chi connectivity index (χ2v) is 17.8. The van der Waals surface area contributed by atoms with Crippen LogP contribution in [0.1, 0.15) is 54.9 Å². The Morgan fingerprint density at radius 3 is 0.732 bits per heavy atom. The summed E-state index contributed by atoms with van der Waals surface area (Å²) in [5, 5.41) is 0. The van der Waals surface area contributed by atoms with Crippen LogP contribution in [0.5, 0.6) is 5.75 Å². The maximum absolute atomic E-state index is 14.2. The third kappa shape index (κ3) is 13.8. The summed E-state index contributed by atoms with van der Waals surface area (Å²) in [5.41, 5.74) is -29.4. The van der Waals surface area contributed by atoms with Crippen LogP contribution in [0.15, 0.2) is 97.1 Å². The second-order valence-electron chi connectivity index (χ2n) is 15.5. The highest BCUT2D eigenvalue weighted by Gasteiger charge is 2.47. The molecule has 0 unspecified atom stereocenters. The number of Topliss-reactive ketones (excluding diaryl/α,β-unsaturated/α-hetero) is 1. The lowest BCUT2D eigenvalue weighted by Gasteiger charge is -2.46. The minimum absolute atomic E-state index is 0.166. The SMILES string of the molecule is COc1ccc(C(=O)C[S+](C)C)cc1.FC(F)(F)c1cc([B-](c2cc(C(F)(F)F)cc(C(F)(F)F)c2)(c2cc(C(F)(F)F)cc(C(F)(F)F)c2)c2cc(C(F)(F)F)cc(C(F)(F)F)c2)cc(C(F)(F)F)c1. The van der Waals surface area contributed by atoms with E-state index in [0.29, 0.717) is 5.75 Å². The van der Waals surface area contributed by atoms with E-state index in [2.05, 4.69) is 12.5 Å². The van der Waals surface area contributed by atoms with Gasteiger partial charge in [-0.25, -0.2) is 0 Å². The Balaban J connectivity index is 0.000000671. The quantitative estimate of drug-likeness (QED) is 0.0670. The molecule has 0 spiro atoms. The second kappa shape index (κ2) is 19.7. The minimum Gasteiger partial charge on any atom is -0.497 e.